The van der Waals surface area contributed by atoms with Crippen LogP contribution in [0.5, 0.6) is 5.75 Å². The van der Waals surface area contributed by atoms with Crippen LogP contribution in [-0.2, 0) is 23.9 Å². The van der Waals surface area contributed by atoms with Crippen molar-refractivity contribution < 1.29 is 28.6 Å². The number of ether oxygens (including phenoxy) is 3. The summed E-state index contributed by atoms with van der Waals surface area (Å²) in [7, 11) is 0. The van der Waals surface area contributed by atoms with Gasteiger partial charge in [-0.05, 0) is 25.5 Å². The third-order valence-electron chi connectivity index (χ3n) is 2.55. The van der Waals surface area contributed by atoms with E-state index in [4.69, 9.17) is 9.47 Å². The topological polar surface area (TPSA) is 78.9 Å². The molecule has 0 aromatic heterocycles. The van der Waals surface area contributed by atoms with Crippen molar-refractivity contribution >= 4 is 17.9 Å². The average Bonchev–Trinajstić information content (AvgIpc) is 2.51. The monoisotopic (exact) mass is 306 g/mol. The van der Waals surface area contributed by atoms with E-state index in [9.17, 15) is 14.4 Å². The summed E-state index contributed by atoms with van der Waals surface area (Å²) in [5.74, 6) is -2.03. The highest BCUT2D eigenvalue weighted by atomic mass is 16.6. The van der Waals surface area contributed by atoms with Crippen molar-refractivity contribution in [3.63, 3.8) is 0 Å². The number of esters is 3. The third-order valence-corrected chi connectivity index (χ3v) is 2.55. The average molecular weight is 306 g/mol. The van der Waals surface area contributed by atoms with Gasteiger partial charge in [0.25, 0.3) is 0 Å². The standard InChI is InChI=1S/C16H18O6/c1-4-13(21-15(18)11(2)3)16(19)22-14(17)10-20-12-8-6-5-7-9-12/h5-9,13H,2,4,10H2,1,3H3. The molecule has 1 aromatic carbocycles. The molecule has 0 aliphatic rings. The Morgan fingerprint density at radius 1 is 1.18 bits per heavy atom. The molecule has 0 bridgehead atoms. The lowest BCUT2D eigenvalue weighted by molar-refractivity contribution is -0.173. The summed E-state index contributed by atoms with van der Waals surface area (Å²) >= 11 is 0. The molecule has 1 rings (SSSR count). The van der Waals surface area contributed by atoms with Crippen LogP contribution in [0.3, 0.4) is 0 Å². The molecule has 0 spiro atoms. The van der Waals surface area contributed by atoms with Crippen LogP contribution in [0.1, 0.15) is 20.3 Å². The van der Waals surface area contributed by atoms with Gasteiger partial charge in [-0.1, -0.05) is 31.7 Å². The lowest BCUT2D eigenvalue weighted by Gasteiger charge is -2.14. The Hall–Kier alpha value is -2.63. The molecule has 0 fully saturated rings. The Labute approximate surface area is 128 Å². The van der Waals surface area contributed by atoms with E-state index in [0.717, 1.165) is 0 Å². The maximum Gasteiger partial charge on any atom is 0.355 e. The van der Waals surface area contributed by atoms with Gasteiger partial charge in [0.05, 0.1) is 0 Å². The summed E-state index contributed by atoms with van der Waals surface area (Å²) in [6.45, 7) is 6.08. The molecule has 0 N–H and O–H groups in total. The molecule has 118 valence electrons. The van der Waals surface area contributed by atoms with Crippen molar-refractivity contribution in [2.45, 2.75) is 26.4 Å². The van der Waals surface area contributed by atoms with E-state index in [0.29, 0.717) is 5.75 Å². The number of para-hydroxylation sites is 1. The molecule has 0 radical (unpaired) electrons. The van der Waals surface area contributed by atoms with E-state index >= 15 is 0 Å². The zero-order chi connectivity index (χ0) is 16.5. The van der Waals surface area contributed by atoms with E-state index in [1.54, 1.807) is 37.3 Å². The van der Waals surface area contributed by atoms with Crippen molar-refractivity contribution in [3.8, 4) is 5.75 Å². The third kappa shape index (κ3) is 5.78. The van der Waals surface area contributed by atoms with Crippen LogP contribution in [0.25, 0.3) is 0 Å². The Kier molecular flexibility index (Phi) is 6.82. The highest BCUT2D eigenvalue weighted by molar-refractivity contribution is 5.92. The lowest BCUT2D eigenvalue weighted by Crippen LogP contribution is -2.32. The molecule has 0 amide bonds. The van der Waals surface area contributed by atoms with Crippen LogP contribution in [-0.4, -0.2) is 30.6 Å². The number of benzene rings is 1. The second-order valence-electron chi connectivity index (χ2n) is 4.48. The molecular formula is C16H18O6. The second-order valence-corrected chi connectivity index (χ2v) is 4.48. The fourth-order valence-electron chi connectivity index (χ4n) is 1.39. The first-order chi connectivity index (χ1) is 10.4. The van der Waals surface area contributed by atoms with E-state index in [1.807, 2.05) is 0 Å². The van der Waals surface area contributed by atoms with Crippen LogP contribution in [0.4, 0.5) is 0 Å². The first-order valence-corrected chi connectivity index (χ1v) is 6.73. The van der Waals surface area contributed by atoms with Gasteiger partial charge in [-0.2, -0.15) is 0 Å². The van der Waals surface area contributed by atoms with Crippen molar-refractivity contribution in [1.82, 2.24) is 0 Å². The smallest absolute Gasteiger partial charge is 0.355 e. The van der Waals surface area contributed by atoms with E-state index in [1.165, 1.54) is 6.92 Å². The van der Waals surface area contributed by atoms with Gasteiger partial charge in [0.1, 0.15) is 5.75 Å². The molecule has 1 atom stereocenters. The summed E-state index contributed by atoms with van der Waals surface area (Å²) < 4.78 is 14.6. The highest BCUT2D eigenvalue weighted by Crippen LogP contribution is 2.09. The normalized spacial score (nSPS) is 11.2. The largest absolute Gasteiger partial charge is 0.482 e. The summed E-state index contributed by atoms with van der Waals surface area (Å²) in [6, 6.07) is 8.62. The number of hydrogen-bond donors (Lipinski definition) is 0. The first kappa shape index (κ1) is 17.4. The second kappa shape index (κ2) is 8.61. The number of rotatable bonds is 7. The summed E-state index contributed by atoms with van der Waals surface area (Å²) in [5.41, 5.74) is 0.157. The van der Waals surface area contributed by atoms with Crippen LogP contribution in [0.15, 0.2) is 42.5 Å². The molecule has 1 unspecified atom stereocenters. The minimum absolute atomic E-state index is 0.157. The highest BCUT2D eigenvalue weighted by Gasteiger charge is 2.25. The maximum absolute atomic E-state index is 11.7. The molecule has 22 heavy (non-hydrogen) atoms. The van der Waals surface area contributed by atoms with Crippen molar-refractivity contribution in [1.29, 1.82) is 0 Å². The van der Waals surface area contributed by atoms with Crippen LogP contribution in [0.2, 0.25) is 0 Å². The van der Waals surface area contributed by atoms with Gasteiger partial charge in [0.2, 0.25) is 0 Å². The zero-order valence-electron chi connectivity index (χ0n) is 12.5. The SMILES string of the molecule is C=C(C)C(=O)OC(CC)C(=O)OC(=O)COc1ccccc1. The van der Waals surface area contributed by atoms with Crippen LogP contribution < -0.4 is 4.74 Å². The number of carbonyl (C=O) groups is 3. The van der Waals surface area contributed by atoms with E-state index in [2.05, 4.69) is 11.3 Å². The zero-order valence-corrected chi connectivity index (χ0v) is 12.5. The lowest BCUT2D eigenvalue weighted by atomic mass is 10.2. The van der Waals surface area contributed by atoms with Gasteiger partial charge in [-0.3, -0.25) is 0 Å². The molecule has 0 aliphatic heterocycles. The molecule has 0 aliphatic carbocycles. The number of carbonyl (C=O) groups excluding carboxylic acids is 3. The van der Waals surface area contributed by atoms with Gasteiger partial charge in [0, 0.05) is 5.57 Å². The Morgan fingerprint density at radius 2 is 1.82 bits per heavy atom. The minimum atomic E-state index is -1.15. The fraction of sp³-hybridized carbons (Fsp3) is 0.312. The Balaban J connectivity index is 2.46. The fourth-order valence-corrected chi connectivity index (χ4v) is 1.39. The predicted molar refractivity (Wildman–Crippen MR) is 78.0 cm³/mol. The van der Waals surface area contributed by atoms with Crippen LogP contribution >= 0.6 is 0 Å². The van der Waals surface area contributed by atoms with Gasteiger partial charge in [0.15, 0.2) is 12.7 Å². The summed E-state index contributed by atoms with van der Waals surface area (Å²) in [5, 5.41) is 0. The van der Waals surface area contributed by atoms with Crippen molar-refractivity contribution in [3.05, 3.63) is 42.5 Å². The summed E-state index contributed by atoms with van der Waals surface area (Å²) in [6.07, 6.45) is -0.963. The quantitative estimate of drug-likeness (QED) is 0.436. The van der Waals surface area contributed by atoms with Crippen molar-refractivity contribution in [2.75, 3.05) is 6.61 Å². The predicted octanol–water partition coefficient (Wildman–Crippen LogP) is 2.03. The molecule has 1 aromatic rings. The van der Waals surface area contributed by atoms with E-state index in [-0.39, 0.29) is 12.0 Å². The summed E-state index contributed by atoms with van der Waals surface area (Å²) in [4.78, 5) is 34.7. The van der Waals surface area contributed by atoms with Crippen molar-refractivity contribution in [2.24, 2.45) is 0 Å². The van der Waals surface area contributed by atoms with Gasteiger partial charge >= 0.3 is 17.9 Å². The van der Waals surface area contributed by atoms with Crippen LogP contribution in [0, 0.1) is 0 Å². The first-order valence-electron chi connectivity index (χ1n) is 6.73. The minimum Gasteiger partial charge on any atom is -0.482 e. The van der Waals surface area contributed by atoms with Gasteiger partial charge in [-0.15, -0.1) is 0 Å². The molecule has 6 heteroatoms. The molecule has 0 heterocycles. The molecule has 0 saturated heterocycles. The molecule has 0 saturated carbocycles. The van der Waals surface area contributed by atoms with E-state index < -0.39 is 30.6 Å². The maximum atomic E-state index is 11.7. The Morgan fingerprint density at radius 3 is 2.36 bits per heavy atom. The molecule has 6 nitrogen and oxygen atoms in total. The van der Waals surface area contributed by atoms with Gasteiger partial charge in [-0.25, -0.2) is 14.4 Å². The molecular weight excluding hydrogens is 288 g/mol. The van der Waals surface area contributed by atoms with Gasteiger partial charge < -0.3 is 14.2 Å². The Bertz CT molecular complexity index is 549. The number of hydrogen-bond acceptors (Lipinski definition) is 6.